The van der Waals surface area contributed by atoms with Crippen LogP contribution in [-0.2, 0) is 0 Å². The summed E-state index contributed by atoms with van der Waals surface area (Å²) in [5, 5.41) is 4.07. The SMILES string of the molecule is O=C(c1cccs1)N1CCN(c2nc(-c3ccccc3Cl)nc3cc(Cl)ccc23)CC1. The van der Waals surface area contributed by atoms with Gasteiger partial charge < -0.3 is 9.80 Å². The Bertz CT molecular complexity index is 1250. The van der Waals surface area contributed by atoms with Crippen LogP contribution in [0.3, 0.4) is 0 Å². The number of fused-ring (bicyclic) bond motifs is 1. The molecule has 1 fully saturated rings. The molecule has 2 aromatic carbocycles. The molecule has 3 heterocycles. The molecule has 0 spiro atoms. The number of anilines is 1. The van der Waals surface area contributed by atoms with Gasteiger partial charge in [-0.05, 0) is 41.8 Å². The van der Waals surface area contributed by atoms with Crippen molar-refractivity contribution in [3.05, 3.63) is 74.9 Å². The first-order valence-corrected chi connectivity index (χ1v) is 11.5. The van der Waals surface area contributed by atoms with Crippen molar-refractivity contribution in [2.24, 2.45) is 0 Å². The Hall–Kier alpha value is -2.67. The van der Waals surface area contributed by atoms with Gasteiger partial charge in [-0.15, -0.1) is 11.3 Å². The number of benzene rings is 2. The van der Waals surface area contributed by atoms with E-state index in [4.69, 9.17) is 33.2 Å². The third kappa shape index (κ3) is 3.99. The van der Waals surface area contributed by atoms with E-state index >= 15 is 0 Å². The van der Waals surface area contributed by atoms with Crippen molar-refractivity contribution >= 4 is 57.2 Å². The maximum absolute atomic E-state index is 12.7. The highest BCUT2D eigenvalue weighted by Crippen LogP contribution is 2.32. The van der Waals surface area contributed by atoms with Gasteiger partial charge in [0.2, 0.25) is 0 Å². The molecule has 156 valence electrons. The summed E-state index contributed by atoms with van der Waals surface area (Å²) in [7, 11) is 0. The van der Waals surface area contributed by atoms with Crippen LogP contribution in [0.2, 0.25) is 10.0 Å². The summed E-state index contributed by atoms with van der Waals surface area (Å²) in [6.45, 7) is 2.65. The summed E-state index contributed by atoms with van der Waals surface area (Å²) in [4.78, 5) is 27.2. The van der Waals surface area contributed by atoms with E-state index < -0.39 is 0 Å². The van der Waals surface area contributed by atoms with Crippen LogP contribution >= 0.6 is 34.5 Å². The number of carbonyl (C=O) groups is 1. The van der Waals surface area contributed by atoms with Gasteiger partial charge in [0.25, 0.3) is 5.91 Å². The lowest BCUT2D eigenvalue weighted by Gasteiger charge is -2.35. The Balaban J connectivity index is 1.49. The number of carbonyl (C=O) groups excluding carboxylic acids is 1. The number of hydrogen-bond acceptors (Lipinski definition) is 5. The molecule has 0 atom stereocenters. The van der Waals surface area contributed by atoms with Gasteiger partial charge in [0.15, 0.2) is 5.82 Å². The van der Waals surface area contributed by atoms with Gasteiger partial charge in [-0.3, -0.25) is 4.79 Å². The maximum atomic E-state index is 12.7. The molecule has 5 nitrogen and oxygen atoms in total. The first-order valence-electron chi connectivity index (χ1n) is 9.90. The fourth-order valence-corrected chi connectivity index (χ4v) is 4.84. The highest BCUT2D eigenvalue weighted by atomic mass is 35.5. The second kappa shape index (κ2) is 8.46. The normalized spacial score (nSPS) is 14.3. The fourth-order valence-electron chi connectivity index (χ4n) is 3.77. The van der Waals surface area contributed by atoms with Gasteiger partial charge in [0, 0.05) is 42.2 Å². The van der Waals surface area contributed by atoms with Crippen molar-refractivity contribution in [1.29, 1.82) is 0 Å². The number of halogens is 2. The average Bonchev–Trinajstić information content (AvgIpc) is 3.33. The predicted octanol–water partition coefficient (Wildman–Crippen LogP) is 5.63. The van der Waals surface area contributed by atoms with E-state index in [1.54, 1.807) is 0 Å². The Morgan fingerprint density at radius 2 is 1.74 bits per heavy atom. The van der Waals surface area contributed by atoms with Crippen LogP contribution in [0.1, 0.15) is 9.67 Å². The molecule has 0 aliphatic carbocycles. The van der Waals surface area contributed by atoms with Crippen LogP contribution in [0.5, 0.6) is 0 Å². The van der Waals surface area contributed by atoms with Crippen molar-refractivity contribution in [2.75, 3.05) is 31.1 Å². The third-order valence-electron chi connectivity index (χ3n) is 5.35. The van der Waals surface area contributed by atoms with Crippen molar-refractivity contribution < 1.29 is 4.79 Å². The summed E-state index contributed by atoms with van der Waals surface area (Å²) in [6.07, 6.45) is 0. The topological polar surface area (TPSA) is 49.3 Å². The molecule has 1 saturated heterocycles. The number of rotatable bonds is 3. The molecule has 2 aromatic heterocycles. The van der Waals surface area contributed by atoms with Crippen molar-refractivity contribution in [2.45, 2.75) is 0 Å². The summed E-state index contributed by atoms with van der Waals surface area (Å²) in [5.74, 6) is 1.48. The Labute approximate surface area is 193 Å². The fraction of sp³-hybridized carbons (Fsp3) is 0.174. The molecule has 31 heavy (non-hydrogen) atoms. The van der Waals surface area contributed by atoms with E-state index in [9.17, 15) is 4.79 Å². The molecule has 0 saturated carbocycles. The molecule has 0 radical (unpaired) electrons. The molecule has 0 unspecified atom stereocenters. The molecular formula is C23H18Cl2N4OS. The summed E-state index contributed by atoms with van der Waals surface area (Å²) in [5.41, 5.74) is 1.54. The molecule has 1 aliphatic rings. The van der Waals surface area contributed by atoms with Crippen LogP contribution in [0.15, 0.2) is 60.0 Å². The lowest BCUT2D eigenvalue weighted by atomic mass is 10.1. The van der Waals surface area contributed by atoms with Gasteiger partial charge in [0.1, 0.15) is 5.82 Å². The largest absolute Gasteiger partial charge is 0.352 e. The minimum atomic E-state index is 0.0886. The van der Waals surface area contributed by atoms with Gasteiger partial charge >= 0.3 is 0 Å². The number of thiophene rings is 1. The minimum absolute atomic E-state index is 0.0886. The van der Waals surface area contributed by atoms with Gasteiger partial charge in [-0.25, -0.2) is 9.97 Å². The number of nitrogens with zero attached hydrogens (tertiary/aromatic N) is 4. The smallest absolute Gasteiger partial charge is 0.264 e. The van der Waals surface area contributed by atoms with Crippen molar-refractivity contribution in [1.82, 2.24) is 14.9 Å². The van der Waals surface area contributed by atoms with Crippen LogP contribution in [0.25, 0.3) is 22.3 Å². The van der Waals surface area contributed by atoms with E-state index in [1.807, 2.05) is 64.9 Å². The summed E-state index contributed by atoms with van der Waals surface area (Å²) < 4.78 is 0. The number of piperazine rings is 1. The van der Waals surface area contributed by atoms with Crippen LogP contribution in [-0.4, -0.2) is 47.0 Å². The van der Waals surface area contributed by atoms with Crippen molar-refractivity contribution in [3.63, 3.8) is 0 Å². The molecular weight excluding hydrogens is 451 g/mol. The predicted molar refractivity (Wildman–Crippen MR) is 127 cm³/mol. The Kier molecular flexibility index (Phi) is 5.52. The Morgan fingerprint density at radius 1 is 0.935 bits per heavy atom. The number of aromatic nitrogens is 2. The number of amides is 1. The minimum Gasteiger partial charge on any atom is -0.352 e. The maximum Gasteiger partial charge on any atom is 0.264 e. The first kappa shape index (κ1) is 20.2. The molecule has 4 aromatic rings. The highest BCUT2D eigenvalue weighted by molar-refractivity contribution is 7.12. The lowest BCUT2D eigenvalue weighted by Crippen LogP contribution is -2.49. The first-order chi connectivity index (χ1) is 15.1. The quantitative estimate of drug-likeness (QED) is 0.391. The zero-order chi connectivity index (χ0) is 21.4. The summed E-state index contributed by atoms with van der Waals surface area (Å²) >= 11 is 14.1. The second-order valence-corrected chi connectivity index (χ2v) is 9.06. The zero-order valence-corrected chi connectivity index (χ0v) is 18.8. The Morgan fingerprint density at radius 3 is 2.48 bits per heavy atom. The molecule has 0 bridgehead atoms. The van der Waals surface area contributed by atoms with E-state index in [0.29, 0.717) is 42.0 Å². The molecule has 8 heteroatoms. The van der Waals surface area contributed by atoms with Crippen LogP contribution < -0.4 is 4.90 Å². The average molecular weight is 469 g/mol. The van der Waals surface area contributed by atoms with Crippen molar-refractivity contribution in [3.8, 4) is 11.4 Å². The van der Waals surface area contributed by atoms with Gasteiger partial charge in [0.05, 0.1) is 15.4 Å². The molecule has 1 amide bonds. The zero-order valence-electron chi connectivity index (χ0n) is 16.5. The lowest BCUT2D eigenvalue weighted by molar-refractivity contribution is 0.0751. The van der Waals surface area contributed by atoms with Crippen LogP contribution in [0, 0.1) is 0 Å². The van der Waals surface area contributed by atoms with E-state index in [-0.39, 0.29) is 5.91 Å². The monoisotopic (exact) mass is 468 g/mol. The summed E-state index contributed by atoms with van der Waals surface area (Å²) in [6, 6.07) is 17.0. The van der Waals surface area contributed by atoms with Crippen LogP contribution in [0.4, 0.5) is 5.82 Å². The van der Waals surface area contributed by atoms with E-state index in [1.165, 1.54) is 11.3 Å². The van der Waals surface area contributed by atoms with Gasteiger partial charge in [-0.1, -0.05) is 41.4 Å². The standard InChI is InChI=1S/C23H18Cl2N4OS/c24-15-7-8-17-19(14-15)26-21(16-4-1-2-5-18(16)25)27-22(17)28-9-11-29(12-10-28)23(30)20-6-3-13-31-20/h1-8,13-14H,9-12H2. The number of hydrogen-bond donors (Lipinski definition) is 0. The second-order valence-electron chi connectivity index (χ2n) is 7.27. The molecule has 0 N–H and O–H groups in total. The van der Waals surface area contributed by atoms with E-state index in [0.717, 1.165) is 27.2 Å². The molecule has 5 rings (SSSR count). The third-order valence-corrected chi connectivity index (χ3v) is 6.77. The van der Waals surface area contributed by atoms with Gasteiger partial charge in [-0.2, -0.15) is 0 Å². The molecule has 1 aliphatic heterocycles. The highest BCUT2D eigenvalue weighted by Gasteiger charge is 2.25. The van der Waals surface area contributed by atoms with E-state index in [2.05, 4.69) is 4.90 Å².